The maximum Gasteiger partial charge on any atom is 0.233 e. The predicted octanol–water partition coefficient (Wildman–Crippen LogP) is 0.931. The lowest BCUT2D eigenvalue weighted by Gasteiger charge is -2.21. The number of aliphatic hydroxyl groups excluding tert-OH is 1. The summed E-state index contributed by atoms with van der Waals surface area (Å²) in [7, 11) is 0. The van der Waals surface area contributed by atoms with Crippen LogP contribution in [0.2, 0.25) is 0 Å². The highest BCUT2D eigenvalue weighted by atomic mass is 32.2. The minimum Gasteiger partial charge on any atom is -0.395 e. The van der Waals surface area contributed by atoms with Gasteiger partial charge in [-0.25, -0.2) is 9.97 Å². The highest BCUT2D eigenvalue weighted by molar-refractivity contribution is 7.99. The summed E-state index contributed by atoms with van der Waals surface area (Å²) in [6.45, 7) is 2.98. The van der Waals surface area contributed by atoms with Crippen molar-refractivity contribution in [3.05, 3.63) is 30.4 Å². The maximum absolute atomic E-state index is 9.24. The van der Waals surface area contributed by atoms with Gasteiger partial charge in [0.05, 0.1) is 18.5 Å². The molecule has 2 atom stereocenters. The highest BCUT2D eigenvalue weighted by Gasteiger charge is 2.15. The van der Waals surface area contributed by atoms with Crippen LogP contribution < -0.4 is 5.32 Å². The van der Waals surface area contributed by atoms with Gasteiger partial charge >= 0.3 is 0 Å². The van der Waals surface area contributed by atoms with E-state index in [4.69, 9.17) is 0 Å². The van der Waals surface area contributed by atoms with E-state index in [0.717, 1.165) is 5.69 Å². The summed E-state index contributed by atoms with van der Waals surface area (Å²) in [6.07, 6.45) is 7.53. The van der Waals surface area contributed by atoms with Crippen LogP contribution in [0.25, 0.3) is 5.78 Å². The lowest BCUT2D eigenvalue weighted by Crippen LogP contribution is -2.37. The van der Waals surface area contributed by atoms with Crippen molar-refractivity contribution in [3.63, 3.8) is 0 Å². The molecule has 2 aromatic rings. The number of thioether (sulfide) groups is 1. The standard InChI is InChI=1S/C12H18N4OS/c1-9(11(8-17)18-2)14-6-10-7-15-12-13-4-3-5-16(10)12/h3-5,7,9,11,14,17H,6,8H2,1-2H3. The summed E-state index contributed by atoms with van der Waals surface area (Å²) in [5.74, 6) is 0.713. The number of imidazole rings is 1. The molecule has 0 saturated heterocycles. The Morgan fingerprint density at radius 1 is 1.50 bits per heavy atom. The SMILES string of the molecule is CSC(CO)C(C)NCc1cnc2ncccn12. The van der Waals surface area contributed by atoms with Gasteiger partial charge in [-0.1, -0.05) is 0 Å². The van der Waals surface area contributed by atoms with Crippen molar-refractivity contribution in [1.82, 2.24) is 19.7 Å². The molecule has 0 bridgehead atoms. The van der Waals surface area contributed by atoms with Gasteiger partial charge in [-0.2, -0.15) is 11.8 Å². The second-order valence-corrected chi connectivity index (χ2v) is 5.24. The number of fused-ring (bicyclic) bond motifs is 1. The number of hydrogen-bond donors (Lipinski definition) is 2. The van der Waals surface area contributed by atoms with Crippen LogP contribution in [0.3, 0.4) is 0 Å². The van der Waals surface area contributed by atoms with Gasteiger partial charge < -0.3 is 10.4 Å². The van der Waals surface area contributed by atoms with Gasteiger partial charge in [-0.15, -0.1) is 0 Å². The molecule has 0 radical (unpaired) electrons. The third-order valence-electron chi connectivity index (χ3n) is 3.01. The molecule has 2 rings (SSSR count). The summed E-state index contributed by atoms with van der Waals surface area (Å²) < 4.78 is 1.97. The topological polar surface area (TPSA) is 62.5 Å². The molecule has 0 fully saturated rings. The fourth-order valence-electron chi connectivity index (χ4n) is 1.84. The fraction of sp³-hybridized carbons (Fsp3) is 0.500. The number of aliphatic hydroxyl groups is 1. The van der Waals surface area contributed by atoms with Gasteiger partial charge in [0, 0.05) is 30.2 Å². The summed E-state index contributed by atoms with van der Waals surface area (Å²) in [5.41, 5.74) is 1.07. The zero-order chi connectivity index (χ0) is 13.0. The van der Waals surface area contributed by atoms with Crippen molar-refractivity contribution in [2.45, 2.75) is 24.8 Å². The van der Waals surface area contributed by atoms with Crippen LogP contribution in [-0.4, -0.2) is 43.6 Å². The van der Waals surface area contributed by atoms with Crippen molar-refractivity contribution in [1.29, 1.82) is 0 Å². The van der Waals surface area contributed by atoms with E-state index in [9.17, 15) is 5.11 Å². The normalized spacial score (nSPS) is 14.8. The quantitative estimate of drug-likeness (QED) is 0.814. The molecular weight excluding hydrogens is 248 g/mol. The van der Waals surface area contributed by atoms with E-state index in [0.29, 0.717) is 12.3 Å². The smallest absolute Gasteiger partial charge is 0.233 e. The second kappa shape index (κ2) is 6.17. The largest absolute Gasteiger partial charge is 0.395 e. The third kappa shape index (κ3) is 2.82. The molecule has 0 aliphatic carbocycles. The highest BCUT2D eigenvalue weighted by Crippen LogP contribution is 2.11. The molecule has 6 heteroatoms. The van der Waals surface area contributed by atoms with E-state index in [1.165, 1.54) is 0 Å². The average molecular weight is 266 g/mol. The van der Waals surface area contributed by atoms with Crippen molar-refractivity contribution < 1.29 is 5.11 Å². The van der Waals surface area contributed by atoms with Crippen LogP contribution in [0, 0.1) is 0 Å². The molecule has 0 spiro atoms. The van der Waals surface area contributed by atoms with Crippen molar-refractivity contribution >= 4 is 17.5 Å². The summed E-state index contributed by atoms with van der Waals surface area (Å²) >= 11 is 1.67. The number of hydrogen-bond acceptors (Lipinski definition) is 5. The molecule has 2 unspecified atom stereocenters. The van der Waals surface area contributed by atoms with Crippen molar-refractivity contribution in [2.24, 2.45) is 0 Å². The first-order chi connectivity index (χ1) is 8.76. The Morgan fingerprint density at radius 3 is 3.06 bits per heavy atom. The Labute approximate surface area is 111 Å². The zero-order valence-electron chi connectivity index (χ0n) is 10.6. The molecule has 0 aliphatic heterocycles. The number of aromatic nitrogens is 3. The molecule has 2 heterocycles. The first-order valence-corrected chi connectivity index (χ1v) is 7.19. The van der Waals surface area contributed by atoms with Crippen molar-refractivity contribution in [2.75, 3.05) is 12.9 Å². The van der Waals surface area contributed by atoms with Gasteiger partial charge in [0.2, 0.25) is 5.78 Å². The van der Waals surface area contributed by atoms with E-state index in [2.05, 4.69) is 22.2 Å². The van der Waals surface area contributed by atoms with Gasteiger partial charge in [-0.05, 0) is 19.2 Å². The Morgan fingerprint density at radius 2 is 2.33 bits per heavy atom. The van der Waals surface area contributed by atoms with Crippen LogP contribution in [-0.2, 0) is 6.54 Å². The molecule has 0 saturated carbocycles. The summed E-state index contributed by atoms with van der Waals surface area (Å²) in [6, 6.07) is 2.13. The Hall–Kier alpha value is -1.11. The van der Waals surface area contributed by atoms with Crippen LogP contribution in [0.5, 0.6) is 0 Å². The Kier molecular flexibility index (Phi) is 4.57. The maximum atomic E-state index is 9.24. The van der Waals surface area contributed by atoms with Crippen LogP contribution in [0.15, 0.2) is 24.7 Å². The zero-order valence-corrected chi connectivity index (χ0v) is 11.4. The molecular formula is C12H18N4OS. The second-order valence-electron chi connectivity index (χ2n) is 4.17. The lowest BCUT2D eigenvalue weighted by molar-refractivity contribution is 0.275. The average Bonchev–Trinajstić information content (AvgIpc) is 2.81. The summed E-state index contributed by atoms with van der Waals surface area (Å²) in [4.78, 5) is 8.42. The van der Waals surface area contributed by atoms with Gasteiger partial charge in [0.1, 0.15) is 0 Å². The first-order valence-electron chi connectivity index (χ1n) is 5.90. The molecule has 0 amide bonds. The summed E-state index contributed by atoms with van der Waals surface area (Å²) in [5, 5.41) is 12.9. The monoisotopic (exact) mass is 266 g/mol. The van der Waals surface area contributed by atoms with Gasteiger partial charge in [-0.3, -0.25) is 4.40 Å². The third-order valence-corrected chi connectivity index (χ3v) is 4.17. The molecule has 98 valence electrons. The molecule has 2 aromatic heterocycles. The Bertz CT molecular complexity index is 498. The van der Waals surface area contributed by atoms with E-state index in [-0.39, 0.29) is 17.9 Å². The molecule has 0 aliphatic rings. The van der Waals surface area contributed by atoms with Crippen LogP contribution in [0.4, 0.5) is 0 Å². The van der Waals surface area contributed by atoms with Gasteiger partial charge in [0.15, 0.2) is 0 Å². The van der Waals surface area contributed by atoms with E-state index < -0.39 is 0 Å². The molecule has 18 heavy (non-hydrogen) atoms. The molecule has 5 nitrogen and oxygen atoms in total. The van der Waals surface area contributed by atoms with E-state index >= 15 is 0 Å². The van der Waals surface area contributed by atoms with Crippen molar-refractivity contribution in [3.8, 4) is 0 Å². The molecule has 2 N–H and O–H groups in total. The van der Waals surface area contributed by atoms with E-state index in [1.54, 1.807) is 18.0 Å². The fourth-order valence-corrected chi connectivity index (χ4v) is 2.50. The van der Waals surface area contributed by atoms with Crippen LogP contribution >= 0.6 is 11.8 Å². The lowest BCUT2D eigenvalue weighted by atomic mass is 10.2. The number of nitrogens with zero attached hydrogens (tertiary/aromatic N) is 3. The predicted molar refractivity (Wildman–Crippen MR) is 73.7 cm³/mol. The number of rotatable bonds is 6. The van der Waals surface area contributed by atoms with E-state index in [1.807, 2.05) is 29.1 Å². The first kappa shape index (κ1) is 13.3. The van der Waals surface area contributed by atoms with Crippen LogP contribution in [0.1, 0.15) is 12.6 Å². The van der Waals surface area contributed by atoms with Gasteiger partial charge in [0.25, 0.3) is 0 Å². The molecule has 0 aromatic carbocycles. The minimum absolute atomic E-state index is 0.185. The minimum atomic E-state index is 0.185. The number of nitrogens with one attached hydrogen (secondary N) is 1. The Balaban J connectivity index is 2.02.